The maximum absolute atomic E-state index is 13.0. The lowest BCUT2D eigenvalue weighted by Gasteiger charge is -2.42. The number of fused-ring (bicyclic) bond motifs is 1. The molecule has 2 aliphatic heterocycles. The molecule has 2 aromatic carbocycles. The summed E-state index contributed by atoms with van der Waals surface area (Å²) in [5, 5.41) is 80.3. The number of phenolic OH excluding ortho intramolecular Hbond substituents is 1. The lowest BCUT2D eigenvalue weighted by atomic mass is 9.98. The van der Waals surface area contributed by atoms with E-state index < -0.39 is 74.6 Å². The summed E-state index contributed by atoms with van der Waals surface area (Å²) in [5.41, 5.74) is 0.642. The molecule has 0 radical (unpaired) electrons. The fraction of sp³-hybridized carbons (Fsp3) is 0.444. The van der Waals surface area contributed by atoms with Crippen LogP contribution in [-0.2, 0) is 14.2 Å². The molecule has 2 saturated heterocycles. The van der Waals surface area contributed by atoms with Gasteiger partial charge < -0.3 is 64.2 Å². The molecule has 2 aliphatic rings. The van der Waals surface area contributed by atoms with E-state index in [9.17, 15) is 45.6 Å². The molecular weight excluding hydrogens is 548 g/mol. The first-order valence-electron chi connectivity index (χ1n) is 12.7. The van der Waals surface area contributed by atoms with Crippen molar-refractivity contribution >= 4 is 11.0 Å². The molecule has 41 heavy (non-hydrogen) atoms. The lowest BCUT2D eigenvalue weighted by Crippen LogP contribution is -2.62. The van der Waals surface area contributed by atoms with Crippen LogP contribution in [0.25, 0.3) is 22.1 Å². The highest BCUT2D eigenvalue weighted by molar-refractivity contribution is 5.82. The van der Waals surface area contributed by atoms with Gasteiger partial charge in [0, 0.05) is 6.07 Å². The number of hydrogen-bond acceptors (Lipinski definition) is 14. The summed E-state index contributed by atoms with van der Waals surface area (Å²) in [6.45, 7) is -1.18. The second kappa shape index (κ2) is 12.0. The van der Waals surface area contributed by atoms with Gasteiger partial charge in [-0.05, 0) is 29.8 Å². The molecule has 3 aromatic rings. The van der Waals surface area contributed by atoms with E-state index in [1.54, 1.807) is 12.1 Å². The van der Waals surface area contributed by atoms with Crippen LogP contribution in [0, 0.1) is 0 Å². The van der Waals surface area contributed by atoms with Crippen LogP contribution < -0.4 is 10.2 Å². The Morgan fingerprint density at radius 2 is 1.39 bits per heavy atom. The van der Waals surface area contributed by atoms with Crippen molar-refractivity contribution in [2.45, 2.75) is 61.4 Å². The van der Waals surface area contributed by atoms with Crippen LogP contribution in [0.2, 0.25) is 0 Å². The van der Waals surface area contributed by atoms with Gasteiger partial charge >= 0.3 is 0 Å². The highest BCUT2D eigenvalue weighted by atomic mass is 16.7. The molecule has 0 saturated carbocycles. The maximum atomic E-state index is 13.0. The second-order valence-electron chi connectivity index (χ2n) is 9.85. The number of hydrogen-bond donors (Lipinski definition) is 8. The zero-order valence-corrected chi connectivity index (χ0v) is 21.3. The Kier molecular flexibility index (Phi) is 8.58. The zero-order valence-electron chi connectivity index (χ0n) is 21.3. The van der Waals surface area contributed by atoms with E-state index in [-0.39, 0.29) is 33.5 Å². The van der Waals surface area contributed by atoms with Crippen LogP contribution in [-0.4, -0.2) is 115 Å². The molecule has 0 bridgehead atoms. The Balaban J connectivity index is 1.29. The molecule has 2 unspecified atom stereocenters. The first-order valence-corrected chi connectivity index (χ1v) is 12.7. The molecule has 14 nitrogen and oxygen atoms in total. The van der Waals surface area contributed by atoms with E-state index in [1.807, 2.05) is 0 Å². The molecule has 0 aliphatic carbocycles. The van der Waals surface area contributed by atoms with Gasteiger partial charge in [-0.15, -0.1) is 0 Å². The number of ether oxygens (including phenoxy) is 4. The number of benzene rings is 2. The van der Waals surface area contributed by atoms with Gasteiger partial charge in [0.25, 0.3) is 0 Å². The average Bonchev–Trinajstić information content (AvgIpc) is 2.97. The zero-order chi connectivity index (χ0) is 29.4. The van der Waals surface area contributed by atoms with Gasteiger partial charge in [0.05, 0.1) is 24.2 Å². The maximum Gasteiger partial charge on any atom is 0.229 e. The van der Waals surface area contributed by atoms with E-state index in [2.05, 4.69) is 0 Å². The molecule has 222 valence electrons. The Morgan fingerprint density at radius 3 is 2.07 bits per heavy atom. The number of rotatable bonds is 7. The molecular formula is C27H30O14. The summed E-state index contributed by atoms with van der Waals surface area (Å²) in [6, 6.07) is 10.3. The second-order valence-corrected chi connectivity index (χ2v) is 9.85. The van der Waals surface area contributed by atoms with Crippen molar-refractivity contribution in [2.24, 2.45) is 0 Å². The third kappa shape index (κ3) is 5.80. The molecule has 10 atom stereocenters. The van der Waals surface area contributed by atoms with Crippen LogP contribution in [0.1, 0.15) is 0 Å². The smallest absolute Gasteiger partial charge is 0.229 e. The standard InChI is InChI=1S/C27H30O14/c28-8-17-20(31)22(33)24(35)26(40-17)38-10-18-21(32)23(34)25(36)27(41-18)39-13-5-6-14-16(7-13)37-9-15(19(14)30)11-1-3-12(29)4-2-11/h1-7,9,17-18,20-29,31-36H,8,10H2/t17-,18+,20?,21+,22+,23?,24+,25-,26-,27+/m1/s1. The Bertz CT molecular complexity index is 1390. The number of phenols is 1. The first-order chi connectivity index (χ1) is 19.6. The third-order valence-corrected chi connectivity index (χ3v) is 7.12. The van der Waals surface area contributed by atoms with E-state index >= 15 is 0 Å². The Labute approximate surface area is 231 Å². The van der Waals surface area contributed by atoms with Crippen molar-refractivity contribution < 1.29 is 64.2 Å². The van der Waals surface area contributed by atoms with Crippen molar-refractivity contribution in [3.8, 4) is 22.6 Å². The summed E-state index contributed by atoms with van der Waals surface area (Å²) in [7, 11) is 0. The molecule has 0 spiro atoms. The van der Waals surface area contributed by atoms with Gasteiger partial charge in [-0.2, -0.15) is 0 Å². The Morgan fingerprint density at radius 1 is 0.756 bits per heavy atom. The van der Waals surface area contributed by atoms with Crippen molar-refractivity contribution in [3.63, 3.8) is 0 Å². The van der Waals surface area contributed by atoms with E-state index in [0.29, 0.717) is 5.56 Å². The lowest BCUT2D eigenvalue weighted by molar-refractivity contribution is -0.323. The van der Waals surface area contributed by atoms with E-state index in [1.165, 1.54) is 36.6 Å². The van der Waals surface area contributed by atoms with Gasteiger partial charge in [0.1, 0.15) is 72.2 Å². The summed E-state index contributed by atoms with van der Waals surface area (Å²) < 4.78 is 27.6. The summed E-state index contributed by atoms with van der Waals surface area (Å²) in [6.07, 6.45) is -14.3. The molecule has 1 aromatic heterocycles. The summed E-state index contributed by atoms with van der Waals surface area (Å²) in [5.74, 6) is 0.146. The van der Waals surface area contributed by atoms with E-state index in [0.717, 1.165) is 0 Å². The van der Waals surface area contributed by atoms with Gasteiger partial charge in [0.2, 0.25) is 6.29 Å². The largest absolute Gasteiger partial charge is 0.508 e. The molecule has 14 heteroatoms. The summed E-state index contributed by atoms with van der Waals surface area (Å²) >= 11 is 0. The van der Waals surface area contributed by atoms with Crippen LogP contribution in [0.4, 0.5) is 0 Å². The SMILES string of the molecule is O=c1c(-c2ccc(O)cc2)coc2cc(O[C@H]3O[C@@H](CO[C@@H]4O[C@H](CO)C(O)[C@H](O)[C@@H]4O)[C@H](O)C(O)[C@H]3O)ccc12. The average molecular weight is 579 g/mol. The minimum absolute atomic E-state index is 0.0492. The van der Waals surface area contributed by atoms with Crippen molar-refractivity contribution in [2.75, 3.05) is 13.2 Å². The quantitative estimate of drug-likeness (QED) is 0.154. The molecule has 5 rings (SSSR count). The first kappa shape index (κ1) is 29.3. The van der Waals surface area contributed by atoms with Crippen molar-refractivity contribution in [1.82, 2.24) is 0 Å². The number of aromatic hydroxyl groups is 1. The normalized spacial score (nSPS) is 34.0. The van der Waals surface area contributed by atoms with Gasteiger partial charge in [-0.25, -0.2) is 0 Å². The molecule has 8 N–H and O–H groups in total. The minimum atomic E-state index is -1.73. The highest BCUT2D eigenvalue weighted by Crippen LogP contribution is 2.29. The van der Waals surface area contributed by atoms with E-state index in [4.69, 9.17) is 23.4 Å². The van der Waals surface area contributed by atoms with Crippen LogP contribution in [0.3, 0.4) is 0 Å². The van der Waals surface area contributed by atoms with Crippen LogP contribution >= 0.6 is 0 Å². The number of aliphatic hydroxyl groups is 7. The predicted octanol–water partition coefficient (Wildman–Crippen LogP) is -1.83. The van der Waals surface area contributed by atoms with Crippen molar-refractivity contribution in [3.05, 3.63) is 59.0 Å². The molecule has 3 heterocycles. The predicted molar refractivity (Wildman–Crippen MR) is 137 cm³/mol. The molecule has 2 fully saturated rings. The monoisotopic (exact) mass is 578 g/mol. The third-order valence-electron chi connectivity index (χ3n) is 7.12. The van der Waals surface area contributed by atoms with Gasteiger partial charge in [-0.3, -0.25) is 4.79 Å². The van der Waals surface area contributed by atoms with Crippen molar-refractivity contribution in [1.29, 1.82) is 0 Å². The minimum Gasteiger partial charge on any atom is -0.508 e. The topological polar surface area (TPSA) is 229 Å². The van der Waals surface area contributed by atoms with Crippen LogP contribution in [0.5, 0.6) is 11.5 Å². The highest BCUT2D eigenvalue weighted by Gasteiger charge is 2.47. The molecule has 0 amide bonds. The van der Waals surface area contributed by atoms with Crippen LogP contribution in [0.15, 0.2) is 57.9 Å². The number of aliphatic hydroxyl groups excluding tert-OH is 7. The van der Waals surface area contributed by atoms with Gasteiger partial charge in [0.15, 0.2) is 11.7 Å². The fourth-order valence-corrected chi connectivity index (χ4v) is 4.70. The fourth-order valence-electron chi connectivity index (χ4n) is 4.70. The summed E-state index contributed by atoms with van der Waals surface area (Å²) in [4.78, 5) is 13.0. The Hall–Kier alpha value is -3.15. The van der Waals surface area contributed by atoms with Gasteiger partial charge in [-0.1, -0.05) is 12.1 Å².